The normalized spacial score (nSPS) is 12.6. The van der Waals surface area contributed by atoms with Gasteiger partial charge >= 0.3 is 5.97 Å². The molecule has 114 valence electrons. The fourth-order valence-electron chi connectivity index (χ4n) is 1.69. The van der Waals surface area contributed by atoms with E-state index in [1.54, 1.807) is 32.0 Å². The number of hydrogen-bond donors (Lipinski definition) is 2. The van der Waals surface area contributed by atoms with Gasteiger partial charge in [0, 0.05) is 22.7 Å². The minimum absolute atomic E-state index is 0.0610. The average Bonchev–Trinajstić information content (AvgIpc) is 2.39. The van der Waals surface area contributed by atoms with Crippen molar-refractivity contribution in [3.05, 3.63) is 39.9 Å². The third-order valence-corrected chi connectivity index (χ3v) is 3.57. The molecular weight excluding hydrogens is 313 g/mol. The first-order valence-electron chi connectivity index (χ1n) is 6.45. The number of carboxylic acid groups (broad SMARTS) is 1. The third kappa shape index (κ3) is 5.78. The summed E-state index contributed by atoms with van der Waals surface area (Å²) in [6.45, 7) is 3.68. The first kappa shape index (κ1) is 17.5. The smallest absolute Gasteiger partial charge is 0.308 e. The van der Waals surface area contributed by atoms with Gasteiger partial charge in [-0.3, -0.25) is 9.59 Å². The van der Waals surface area contributed by atoms with Crippen molar-refractivity contribution in [2.75, 3.05) is 6.54 Å². The molecule has 2 N–H and O–H groups in total. The second kappa shape index (κ2) is 8.05. The summed E-state index contributed by atoms with van der Waals surface area (Å²) in [5.41, 5.74) is 0.623. The molecule has 4 nitrogen and oxygen atoms in total. The van der Waals surface area contributed by atoms with Crippen LogP contribution in [-0.2, 0) is 9.59 Å². The number of carbonyl (C=O) groups excluding carboxylic acids is 1. The highest BCUT2D eigenvalue weighted by molar-refractivity contribution is 6.34. The maximum atomic E-state index is 11.7. The fraction of sp³-hybridized carbons (Fsp3) is 0.333. The van der Waals surface area contributed by atoms with Crippen molar-refractivity contribution in [1.29, 1.82) is 0 Å². The molecule has 1 amide bonds. The molecule has 1 aromatic carbocycles. The van der Waals surface area contributed by atoms with E-state index in [-0.39, 0.29) is 18.4 Å². The number of nitrogens with one attached hydrogen (secondary N) is 1. The number of rotatable bonds is 6. The molecule has 0 aliphatic rings. The number of carboxylic acids is 1. The molecule has 6 heteroatoms. The van der Waals surface area contributed by atoms with E-state index < -0.39 is 11.9 Å². The van der Waals surface area contributed by atoms with Crippen LogP contribution in [0.1, 0.15) is 19.4 Å². The summed E-state index contributed by atoms with van der Waals surface area (Å²) in [7, 11) is 0. The first-order chi connectivity index (χ1) is 9.81. The molecule has 0 fully saturated rings. The van der Waals surface area contributed by atoms with Gasteiger partial charge < -0.3 is 10.4 Å². The quantitative estimate of drug-likeness (QED) is 0.785. The lowest BCUT2D eigenvalue weighted by atomic mass is 9.96. The molecule has 0 aliphatic carbocycles. The number of aliphatic carboxylic acids is 1. The minimum atomic E-state index is -0.924. The number of benzene rings is 1. The van der Waals surface area contributed by atoms with Crippen LogP contribution in [0.2, 0.25) is 10.0 Å². The average molecular weight is 330 g/mol. The van der Waals surface area contributed by atoms with Crippen molar-refractivity contribution in [2.24, 2.45) is 11.8 Å². The molecule has 1 aromatic rings. The summed E-state index contributed by atoms with van der Waals surface area (Å²) in [6.07, 6.45) is 2.84. The van der Waals surface area contributed by atoms with Crippen molar-refractivity contribution in [3.63, 3.8) is 0 Å². The van der Waals surface area contributed by atoms with Gasteiger partial charge in [-0.25, -0.2) is 0 Å². The summed E-state index contributed by atoms with van der Waals surface area (Å²) < 4.78 is 0. The van der Waals surface area contributed by atoms with E-state index >= 15 is 0 Å². The Morgan fingerprint density at radius 1 is 1.33 bits per heavy atom. The molecule has 0 saturated carbocycles. The van der Waals surface area contributed by atoms with E-state index in [4.69, 9.17) is 28.3 Å². The zero-order chi connectivity index (χ0) is 16.0. The van der Waals surface area contributed by atoms with Crippen LogP contribution >= 0.6 is 23.2 Å². The Morgan fingerprint density at radius 2 is 2.00 bits per heavy atom. The molecule has 0 aromatic heterocycles. The molecule has 21 heavy (non-hydrogen) atoms. The van der Waals surface area contributed by atoms with Gasteiger partial charge in [0.2, 0.25) is 5.91 Å². The SMILES string of the molecule is CC(C)C(CNC(=O)C=Cc1cc(Cl)ccc1Cl)C(=O)O. The highest BCUT2D eigenvalue weighted by Crippen LogP contribution is 2.21. The Bertz CT molecular complexity index is 556. The van der Waals surface area contributed by atoms with Gasteiger partial charge in [0.25, 0.3) is 0 Å². The number of halogens is 2. The van der Waals surface area contributed by atoms with Crippen LogP contribution in [0.15, 0.2) is 24.3 Å². The Labute approximate surface area is 133 Å². The molecule has 0 radical (unpaired) electrons. The predicted octanol–water partition coefficient (Wildman–Crippen LogP) is 3.48. The van der Waals surface area contributed by atoms with E-state index in [1.807, 2.05) is 0 Å². The van der Waals surface area contributed by atoms with Crippen LogP contribution in [0.3, 0.4) is 0 Å². The minimum Gasteiger partial charge on any atom is -0.481 e. The molecule has 0 saturated heterocycles. The van der Waals surface area contributed by atoms with Gasteiger partial charge in [0.1, 0.15) is 0 Å². The van der Waals surface area contributed by atoms with Gasteiger partial charge in [0.05, 0.1) is 5.92 Å². The van der Waals surface area contributed by atoms with Gasteiger partial charge in [0.15, 0.2) is 0 Å². The maximum absolute atomic E-state index is 11.7. The van der Waals surface area contributed by atoms with Gasteiger partial charge in [-0.15, -0.1) is 0 Å². The van der Waals surface area contributed by atoms with E-state index in [9.17, 15) is 9.59 Å². The molecule has 0 bridgehead atoms. The fourth-order valence-corrected chi connectivity index (χ4v) is 2.05. The lowest BCUT2D eigenvalue weighted by Crippen LogP contribution is -2.34. The third-order valence-electron chi connectivity index (χ3n) is 2.99. The monoisotopic (exact) mass is 329 g/mol. The number of carbonyl (C=O) groups is 2. The highest BCUT2D eigenvalue weighted by Gasteiger charge is 2.21. The zero-order valence-corrected chi connectivity index (χ0v) is 13.3. The summed E-state index contributed by atoms with van der Waals surface area (Å²) in [4.78, 5) is 22.7. The largest absolute Gasteiger partial charge is 0.481 e. The van der Waals surface area contributed by atoms with Gasteiger partial charge in [-0.05, 0) is 35.8 Å². The molecule has 1 unspecified atom stereocenters. The lowest BCUT2D eigenvalue weighted by Gasteiger charge is -2.15. The van der Waals surface area contributed by atoms with Crippen molar-refractivity contribution in [3.8, 4) is 0 Å². The molecule has 1 atom stereocenters. The topological polar surface area (TPSA) is 66.4 Å². The van der Waals surface area contributed by atoms with Crippen molar-refractivity contribution < 1.29 is 14.7 Å². The van der Waals surface area contributed by atoms with Gasteiger partial charge in [-0.2, -0.15) is 0 Å². The van der Waals surface area contributed by atoms with E-state index in [1.165, 1.54) is 12.2 Å². The van der Waals surface area contributed by atoms with E-state index in [0.29, 0.717) is 15.6 Å². The standard InChI is InChI=1S/C15H17Cl2NO3/c1-9(2)12(15(20)21)8-18-14(19)6-3-10-7-11(16)4-5-13(10)17/h3-7,9,12H,8H2,1-2H3,(H,18,19)(H,20,21). The van der Waals surface area contributed by atoms with Gasteiger partial charge in [-0.1, -0.05) is 37.0 Å². The molecule has 0 spiro atoms. The Kier molecular flexibility index (Phi) is 6.72. The summed E-state index contributed by atoms with van der Waals surface area (Å²) in [5, 5.41) is 12.6. The second-order valence-electron chi connectivity index (χ2n) is 4.93. The summed E-state index contributed by atoms with van der Waals surface area (Å²) >= 11 is 11.8. The summed E-state index contributed by atoms with van der Waals surface area (Å²) in [6, 6.07) is 4.93. The van der Waals surface area contributed by atoms with E-state index in [0.717, 1.165) is 0 Å². The van der Waals surface area contributed by atoms with Crippen LogP contribution in [0, 0.1) is 11.8 Å². The molecule has 0 aliphatic heterocycles. The van der Waals surface area contributed by atoms with Crippen LogP contribution in [0.4, 0.5) is 0 Å². The second-order valence-corrected chi connectivity index (χ2v) is 5.78. The van der Waals surface area contributed by atoms with Crippen molar-refractivity contribution >= 4 is 41.2 Å². The zero-order valence-electron chi connectivity index (χ0n) is 11.8. The number of hydrogen-bond acceptors (Lipinski definition) is 2. The molecule has 0 heterocycles. The van der Waals surface area contributed by atoms with Crippen molar-refractivity contribution in [1.82, 2.24) is 5.32 Å². The maximum Gasteiger partial charge on any atom is 0.308 e. The first-order valence-corrected chi connectivity index (χ1v) is 7.20. The summed E-state index contributed by atoms with van der Waals surface area (Å²) in [5.74, 6) is -1.98. The van der Waals surface area contributed by atoms with Crippen LogP contribution in [0.25, 0.3) is 6.08 Å². The number of amides is 1. The highest BCUT2D eigenvalue weighted by atomic mass is 35.5. The predicted molar refractivity (Wildman–Crippen MR) is 84.5 cm³/mol. The molecule has 1 rings (SSSR count). The Balaban J connectivity index is 2.63. The Morgan fingerprint density at radius 3 is 2.57 bits per heavy atom. The Hall–Kier alpha value is -1.52. The van der Waals surface area contributed by atoms with E-state index in [2.05, 4.69) is 5.32 Å². The van der Waals surface area contributed by atoms with Crippen LogP contribution in [0.5, 0.6) is 0 Å². The van der Waals surface area contributed by atoms with Crippen LogP contribution in [-0.4, -0.2) is 23.5 Å². The lowest BCUT2D eigenvalue weighted by molar-refractivity contribution is -0.143. The molecular formula is C15H17Cl2NO3. The van der Waals surface area contributed by atoms with Crippen molar-refractivity contribution in [2.45, 2.75) is 13.8 Å². The van der Waals surface area contributed by atoms with Crippen LogP contribution < -0.4 is 5.32 Å².